The smallest absolute Gasteiger partial charge is 0.240 e. The molecule has 0 spiro atoms. The number of rotatable bonds is 7. The van der Waals surface area contributed by atoms with E-state index < -0.39 is 10.0 Å². The Kier molecular flexibility index (Phi) is 7.46. The molecule has 0 aliphatic carbocycles. The number of hydrogen-bond acceptors (Lipinski definition) is 5. The third-order valence-corrected chi connectivity index (χ3v) is 7.20. The first-order valence-corrected chi connectivity index (χ1v) is 12.4. The van der Waals surface area contributed by atoms with Gasteiger partial charge in [0.25, 0.3) is 0 Å². The second-order valence-corrected chi connectivity index (χ2v) is 10.7. The number of nitrogens with zero attached hydrogens (tertiary/aromatic N) is 2. The van der Waals surface area contributed by atoms with Crippen molar-refractivity contribution in [3.8, 4) is 5.75 Å². The number of piperazine rings is 1. The molecule has 2 aromatic rings. The Morgan fingerprint density at radius 2 is 1.62 bits per heavy atom. The lowest BCUT2D eigenvalue weighted by Crippen LogP contribution is -2.49. The van der Waals surface area contributed by atoms with Gasteiger partial charge in [-0.2, -0.15) is 0 Å². The fraction of sp³-hybridized carbons (Fsp3) is 0.458. The predicted molar refractivity (Wildman–Crippen MR) is 127 cm³/mol. The molecule has 0 bridgehead atoms. The van der Waals surface area contributed by atoms with Gasteiger partial charge in [-0.15, -0.1) is 0 Å². The maximum absolute atomic E-state index is 12.6. The van der Waals surface area contributed by atoms with E-state index in [-0.39, 0.29) is 29.2 Å². The Morgan fingerprint density at radius 1 is 1.00 bits per heavy atom. The van der Waals surface area contributed by atoms with Crippen LogP contribution in [0.15, 0.2) is 53.4 Å². The number of para-hydroxylation sites is 2. The summed E-state index contributed by atoms with van der Waals surface area (Å²) in [7, 11) is -1.99. The number of anilines is 1. The third-order valence-electron chi connectivity index (χ3n) is 5.72. The van der Waals surface area contributed by atoms with E-state index in [1.54, 1.807) is 24.1 Å². The van der Waals surface area contributed by atoms with Gasteiger partial charge in [0, 0.05) is 39.1 Å². The molecule has 0 unspecified atom stereocenters. The minimum atomic E-state index is -3.64. The highest BCUT2D eigenvalue weighted by atomic mass is 32.2. The van der Waals surface area contributed by atoms with Crippen LogP contribution in [-0.2, 0) is 20.2 Å². The molecule has 0 atom stereocenters. The molecule has 8 heteroatoms. The van der Waals surface area contributed by atoms with Crippen molar-refractivity contribution >= 4 is 21.6 Å². The number of methoxy groups -OCH3 is 1. The number of sulfonamides is 1. The van der Waals surface area contributed by atoms with Crippen molar-refractivity contribution < 1.29 is 17.9 Å². The molecule has 0 saturated carbocycles. The van der Waals surface area contributed by atoms with Crippen molar-refractivity contribution in [3.63, 3.8) is 0 Å². The van der Waals surface area contributed by atoms with E-state index in [9.17, 15) is 13.2 Å². The highest BCUT2D eigenvalue weighted by Crippen LogP contribution is 2.28. The van der Waals surface area contributed by atoms with Gasteiger partial charge >= 0.3 is 0 Å². The summed E-state index contributed by atoms with van der Waals surface area (Å²) >= 11 is 0. The van der Waals surface area contributed by atoms with E-state index >= 15 is 0 Å². The zero-order chi connectivity index (χ0) is 23.4. The molecule has 1 amide bonds. The molecule has 32 heavy (non-hydrogen) atoms. The van der Waals surface area contributed by atoms with Crippen LogP contribution in [0.3, 0.4) is 0 Å². The summed E-state index contributed by atoms with van der Waals surface area (Å²) in [4.78, 5) is 16.8. The summed E-state index contributed by atoms with van der Waals surface area (Å²) in [5.74, 6) is 0.771. The van der Waals surface area contributed by atoms with E-state index in [0.717, 1.165) is 17.0 Å². The number of benzene rings is 2. The van der Waals surface area contributed by atoms with Crippen molar-refractivity contribution in [1.29, 1.82) is 0 Å². The molecule has 174 valence electrons. The van der Waals surface area contributed by atoms with E-state index in [2.05, 4.69) is 30.4 Å². The van der Waals surface area contributed by atoms with Crippen LogP contribution in [0.4, 0.5) is 5.69 Å². The molecule has 0 aromatic heterocycles. The Bertz CT molecular complexity index is 1020. The maximum Gasteiger partial charge on any atom is 0.240 e. The normalized spacial score (nSPS) is 15.0. The second-order valence-electron chi connectivity index (χ2n) is 8.96. The fourth-order valence-electron chi connectivity index (χ4n) is 3.76. The first-order valence-electron chi connectivity index (χ1n) is 10.9. The minimum absolute atomic E-state index is 0.0438. The summed E-state index contributed by atoms with van der Waals surface area (Å²) in [5.41, 5.74) is 2.05. The van der Waals surface area contributed by atoms with Crippen LogP contribution in [-0.4, -0.2) is 59.1 Å². The number of nitrogens with one attached hydrogen (secondary N) is 1. The minimum Gasteiger partial charge on any atom is -0.495 e. The van der Waals surface area contributed by atoms with Crippen LogP contribution >= 0.6 is 0 Å². The number of carbonyl (C=O) groups is 1. The van der Waals surface area contributed by atoms with Gasteiger partial charge in [0.05, 0.1) is 17.7 Å². The van der Waals surface area contributed by atoms with Crippen LogP contribution in [0.25, 0.3) is 0 Å². The van der Waals surface area contributed by atoms with E-state index in [4.69, 9.17) is 4.74 Å². The van der Waals surface area contributed by atoms with Crippen molar-refractivity contribution in [2.45, 2.75) is 37.5 Å². The van der Waals surface area contributed by atoms with Crippen LogP contribution < -0.4 is 14.4 Å². The maximum atomic E-state index is 12.6. The van der Waals surface area contributed by atoms with E-state index in [0.29, 0.717) is 26.2 Å². The molecule has 0 radical (unpaired) electrons. The monoisotopic (exact) mass is 459 g/mol. The molecule has 1 N–H and O–H groups in total. The molecule has 1 aliphatic rings. The first-order chi connectivity index (χ1) is 15.1. The zero-order valence-corrected chi connectivity index (χ0v) is 20.1. The molecule has 7 nitrogen and oxygen atoms in total. The van der Waals surface area contributed by atoms with Crippen LogP contribution in [0.2, 0.25) is 0 Å². The number of hydrogen-bond donors (Lipinski definition) is 1. The summed E-state index contributed by atoms with van der Waals surface area (Å²) in [6.45, 7) is 8.92. The summed E-state index contributed by atoms with van der Waals surface area (Å²) in [6.07, 6.45) is 0.133. The van der Waals surface area contributed by atoms with Gasteiger partial charge in [0.2, 0.25) is 15.9 Å². The van der Waals surface area contributed by atoms with Gasteiger partial charge in [0.1, 0.15) is 5.75 Å². The number of amides is 1. The second kappa shape index (κ2) is 9.92. The fourth-order valence-corrected chi connectivity index (χ4v) is 4.79. The summed E-state index contributed by atoms with van der Waals surface area (Å²) < 4.78 is 33.1. The molecular weight excluding hydrogens is 426 g/mol. The largest absolute Gasteiger partial charge is 0.495 e. The molecule has 1 aliphatic heterocycles. The topological polar surface area (TPSA) is 79.0 Å². The lowest BCUT2D eigenvalue weighted by molar-refractivity contribution is -0.131. The van der Waals surface area contributed by atoms with Gasteiger partial charge in [-0.3, -0.25) is 4.79 Å². The van der Waals surface area contributed by atoms with Crippen molar-refractivity contribution in [1.82, 2.24) is 9.62 Å². The molecule has 1 saturated heterocycles. The quantitative estimate of drug-likeness (QED) is 0.689. The van der Waals surface area contributed by atoms with Crippen LogP contribution in [0, 0.1) is 0 Å². The molecule has 1 heterocycles. The molecule has 1 fully saturated rings. The standard InChI is InChI=1S/C24H33N3O4S/c1-24(2,3)19-9-11-20(12-10-19)32(29,30)25-14-13-23(28)27-17-15-26(16-18-27)21-7-5-6-8-22(21)31-4/h5-12,25H,13-18H2,1-4H3. The SMILES string of the molecule is COc1ccccc1N1CCN(C(=O)CCNS(=O)(=O)c2ccc(C(C)(C)C)cc2)CC1. The first kappa shape index (κ1) is 24.1. The summed E-state index contributed by atoms with van der Waals surface area (Å²) in [6, 6.07) is 14.7. The van der Waals surface area contributed by atoms with Gasteiger partial charge < -0.3 is 14.5 Å². The predicted octanol–water partition coefficient (Wildman–Crippen LogP) is 3.01. The highest BCUT2D eigenvalue weighted by molar-refractivity contribution is 7.89. The third kappa shape index (κ3) is 5.81. The van der Waals surface area contributed by atoms with Crippen LogP contribution in [0.5, 0.6) is 5.75 Å². The average molecular weight is 460 g/mol. The molecule has 3 rings (SSSR count). The van der Waals surface area contributed by atoms with Gasteiger partial charge in [0.15, 0.2) is 0 Å². The van der Waals surface area contributed by atoms with Gasteiger partial charge in [-0.05, 0) is 35.2 Å². The number of ether oxygens (including phenoxy) is 1. The zero-order valence-electron chi connectivity index (χ0n) is 19.3. The average Bonchev–Trinajstić information content (AvgIpc) is 2.78. The lowest BCUT2D eigenvalue weighted by atomic mass is 9.87. The van der Waals surface area contributed by atoms with Crippen molar-refractivity contribution in [3.05, 3.63) is 54.1 Å². The van der Waals surface area contributed by atoms with Gasteiger partial charge in [-0.1, -0.05) is 45.0 Å². The van der Waals surface area contributed by atoms with E-state index in [1.165, 1.54) is 0 Å². The van der Waals surface area contributed by atoms with Crippen molar-refractivity contribution in [2.24, 2.45) is 0 Å². The Balaban J connectivity index is 1.49. The van der Waals surface area contributed by atoms with Crippen LogP contribution in [0.1, 0.15) is 32.8 Å². The van der Waals surface area contributed by atoms with Crippen molar-refractivity contribution in [2.75, 3.05) is 44.7 Å². The number of carbonyl (C=O) groups excluding carboxylic acids is 1. The lowest BCUT2D eigenvalue weighted by Gasteiger charge is -2.36. The molecular formula is C24H33N3O4S. The Morgan fingerprint density at radius 3 is 2.22 bits per heavy atom. The van der Waals surface area contributed by atoms with E-state index in [1.807, 2.05) is 36.4 Å². The highest BCUT2D eigenvalue weighted by Gasteiger charge is 2.23. The summed E-state index contributed by atoms with van der Waals surface area (Å²) in [5, 5.41) is 0. The Hall–Kier alpha value is -2.58. The van der Waals surface area contributed by atoms with Gasteiger partial charge in [-0.25, -0.2) is 13.1 Å². The molecule has 2 aromatic carbocycles. The Labute approximate surface area is 191 Å².